The highest BCUT2D eigenvalue weighted by Gasteiger charge is 2.09. The Labute approximate surface area is 101 Å². The molecule has 4 heteroatoms. The van der Waals surface area contributed by atoms with Gasteiger partial charge < -0.3 is 4.74 Å². The Bertz CT molecular complexity index is 364. The summed E-state index contributed by atoms with van der Waals surface area (Å²) in [6.45, 7) is 12.8. The van der Waals surface area contributed by atoms with Gasteiger partial charge in [0, 0.05) is 5.92 Å². The van der Waals surface area contributed by atoms with Crippen molar-refractivity contribution in [3.05, 3.63) is 0 Å². The molecule has 0 aromatic rings. The SMILES string of the molecule is C[Si](C)(C)C#CCOC(=O)C#C[Si](C)(C)C. The van der Waals surface area contributed by atoms with Crippen LogP contribution in [-0.2, 0) is 9.53 Å². The molecule has 0 saturated heterocycles. The quantitative estimate of drug-likeness (QED) is 0.407. The van der Waals surface area contributed by atoms with Gasteiger partial charge in [-0.1, -0.05) is 45.2 Å². The summed E-state index contributed by atoms with van der Waals surface area (Å²) in [6.07, 6.45) is 0. The normalized spacial score (nSPS) is 10.6. The fraction of sp³-hybridized carbons (Fsp3) is 0.583. The summed E-state index contributed by atoms with van der Waals surface area (Å²) < 4.78 is 4.89. The van der Waals surface area contributed by atoms with E-state index in [2.05, 4.69) is 62.2 Å². The molecular weight excluding hydrogens is 232 g/mol. The van der Waals surface area contributed by atoms with Crippen LogP contribution in [-0.4, -0.2) is 28.7 Å². The van der Waals surface area contributed by atoms with Crippen LogP contribution < -0.4 is 0 Å². The van der Waals surface area contributed by atoms with Crippen molar-refractivity contribution in [3.63, 3.8) is 0 Å². The van der Waals surface area contributed by atoms with E-state index in [1.807, 2.05) is 0 Å². The molecule has 0 N–H and O–H groups in total. The van der Waals surface area contributed by atoms with Crippen LogP contribution in [0.1, 0.15) is 0 Å². The summed E-state index contributed by atoms with van der Waals surface area (Å²) >= 11 is 0. The average Bonchev–Trinajstić information content (AvgIpc) is 2.06. The molecular formula is C12H20O2Si2. The predicted octanol–water partition coefficient (Wildman–Crippen LogP) is 2.29. The fourth-order valence-electron chi connectivity index (χ4n) is 0.677. The summed E-state index contributed by atoms with van der Waals surface area (Å²) in [4.78, 5) is 11.2. The summed E-state index contributed by atoms with van der Waals surface area (Å²) in [5.41, 5.74) is 6.08. The second-order valence-corrected chi connectivity index (χ2v) is 15.1. The van der Waals surface area contributed by atoms with E-state index in [4.69, 9.17) is 4.74 Å². The number of hydrogen-bond acceptors (Lipinski definition) is 2. The Balaban J connectivity index is 4.08. The zero-order valence-corrected chi connectivity index (χ0v) is 13.0. The van der Waals surface area contributed by atoms with Crippen molar-refractivity contribution in [2.45, 2.75) is 39.3 Å². The zero-order valence-electron chi connectivity index (χ0n) is 11.0. The summed E-state index contributed by atoms with van der Waals surface area (Å²) in [7, 11) is -2.85. The predicted molar refractivity (Wildman–Crippen MR) is 73.2 cm³/mol. The van der Waals surface area contributed by atoms with Gasteiger partial charge in [0.1, 0.15) is 16.1 Å². The van der Waals surface area contributed by atoms with Crippen LogP contribution in [0.5, 0.6) is 0 Å². The van der Waals surface area contributed by atoms with E-state index in [1.165, 1.54) is 0 Å². The molecule has 0 rings (SSSR count). The zero-order chi connectivity index (χ0) is 12.8. The van der Waals surface area contributed by atoms with Crippen molar-refractivity contribution < 1.29 is 9.53 Å². The number of ether oxygens (including phenoxy) is 1. The Morgan fingerprint density at radius 2 is 1.50 bits per heavy atom. The molecule has 2 nitrogen and oxygen atoms in total. The van der Waals surface area contributed by atoms with E-state index in [1.54, 1.807) is 0 Å². The van der Waals surface area contributed by atoms with Crippen LogP contribution >= 0.6 is 0 Å². The lowest BCUT2D eigenvalue weighted by Gasteiger charge is -2.03. The van der Waals surface area contributed by atoms with Crippen molar-refractivity contribution in [1.29, 1.82) is 0 Å². The number of rotatable bonds is 1. The average molecular weight is 252 g/mol. The van der Waals surface area contributed by atoms with E-state index in [-0.39, 0.29) is 6.61 Å². The first kappa shape index (κ1) is 15.0. The van der Waals surface area contributed by atoms with Crippen molar-refractivity contribution in [2.75, 3.05) is 6.61 Å². The highest BCUT2D eigenvalue weighted by molar-refractivity contribution is 6.84. The molecule has 0 aliphatic rings. The smallest absolute Gasteiger partial charge is 0.384 e. The third-order valence-corrected chi connectivity index (χ3v) is 3.08. The molecule has 0 amide bonds. The van der Waals surface area contributed by atoms with Crippen LogP contribution in [0.4, 0.5) is 0 Å². The Kier molecular flexibility index (Phi) is 5.57. The van der Waals surface area contributed by atoms with E-state index in [9.17, 15) is 4.79 Å². The first-order valence-electron chi connectivity index (χ1n) is 5.30. The molecule has 0 aliphatic carbocycles. The Morgan fingerprint density at radius 3 is 1.94 bits per heavy atom. The molecule has 0 spiro atoms. The first-order valence-corrected chi connectivity index (χ1v) is 12.3. The number of carbonyl (C=O) groups is 1. The van der Waals surface area contributed by atoms with E-state index in [0.29, 0.717) is 0 Å². The minimum Gasteiger partial charge on any atom is -0.443 e. The van der Waals surface area contributed by atoms with E-state index < -0.39 is 22.1 Å². The van der Waals surface area contributed by atoms with Gasteiger partial charge in [-0.15, -0.1) is 11.1 Å². The molecule has 88 valence electrons. The number of carbonyl (C=O) groups excluding carboxylic acids is 1. The molecule has 0 heterocycles. The lowest BCUT2D eigenvalue weighted by molar-refractivity contribution is -0.135. The minimum atomic E-state index is -1.49. The van der Waals surface area contributed by atoms with Crippen LogP contribution in [0, 0.1) is 22.9 Å². The molecule has 0 saturated carbocycles. The lowest BCUT2D eigenvalue weighted by Crippen LogP contribution is -2.18. The topological polar surface area (TPSA) is 26.3 Å². The van der Waals surface area contributed by atoms with Crippen LogP contribution in [0.3, 0.4) is 0 Å². The third kappa shape index (κ3) is 11.1. The maximum absolute atomic E-state index is 11.2. The van der Waals surface area contributed by atoms with Gasteiger partial charge >= 0.3 is 5.97 Å². The Morgan fingerprint density at radius 1 is 1.00 bits per heavy atom. The third-order valence-electron chi connectivity index (χ3n) is 1.28. The highest BCUT2D eigenvalue weighted by Crippen LogP contribution is 1.97. The molecule has 0 aromatic carbocycles. The van der Waals surface area contributed by atoms with Crippen LogP contribution in [0.15, 0.2) is 0 Å². The summed E-state index contributed by atoms with van der Waals surface area (Å²) in [6, 6.07) is 0. The van der Waals surface area contributed by atoms with Gasteiger partial charge in [0.05, 0.1) is 0 Å². The highest BCUT2D eigenvalue weighted by atomic mass is 28.3. The minimum absolute atomic E-state index is 0.156. The lowest BCUT2D eigenvalue weighted by atomic mass is 10.7. The molecule has 0 fully saturated rings. The fourth-order valence-corrected chi connectivity index (χ4v) is 1.76. The van der Waals surface area contributed by atoms with Crippen molar-refractivity contribution in [2.24, 2.45) is 0 Å². The van der Waals surface area contributed by atoms with E-state index >= 15 is 0 Å². The number of esters is 1. The van der Waals surface area contributed by atoms with Gasteiger partial charge in [-0.2, -0.15) is 0 Å². The van der Waals surface area contributed by atoms with Crippen molar-refractivity contribution in [3.8, 4) is 22.9 Å². The van der Waals surface area contributed by atoms with Gasteiger partial charge in [0.15, 0.2) is 6.61 Å². The van der Waals surface area contributed by atoms with Crippen LogP contribution in [0.2, 0.25) is 39.3 Å². The molecule has 0 bridgehead atoms. The second-order valence-electron chi connectivity index (χ2n) is 5.63. The molecule has 0 aromatic heterocycles. The maximum atomic E-state index is 11.2. The molecule has 0 atom stereocenters. The van der Waals surface area contributed by atoms with Crippen LogP contribution in [0.25, 0.3) is 0 Å². The van der Waals surface area contributed by atoms with Gasteiger partial charge in [0.2, 0.25) is 0 Å². The number of hydrogen-bond donors (Lipinski definition) is 0. The van der Waals surface area contributed by atoms with E-state index in [0.717, 1.165) is 0 Å². The standard InChI is InChI=1S/C12H20O2Si2/c1-15(2,3)10-7-9-14-12(13)8-11-16(4,5)6/h9H2,1-6H3. The maximum Gasteiger partial charge on any atom is 0.384 e. The largest absolute Gasteiger partial charge is 0.443 e. The van der Waals surface area contributed by atoms with Gasteiger partial charge in [-0.25, -0.2) is 4.79 Å². The summed E-state index contributed by atoms with van der Waals surface area (Å²) in [5, 5.41) is 0. The molecule has 16 heavy (non-hydrogen) atoms. The van der Waals surface area contributed by atoms with Gasteiger partial charge in [-0.05, 0) is 0 Å². The monoisotopic (exact) mass is 252 g/mol. The molecule has 0 unspecified atom stereocenters. The second kappa shape index (κ2) is 5.93. The Hall–Kier alpha value is -0.976. The summed E-state index contributed by atoms with van der Waals surface area (Å²) in [5.74, 6) is 4.91. The van der Waals surface area contributed by atoms with Crippen molar-refractivity contribution >= 4 is 22.1 Å². The molecule has 0 radical (unpaired) electrons. The van der Waals surface area contributed by atoms with Gasteiger partial charge in [0.25, 0.3) is 0 Å². The first-order chi connectivity index (χ1) is 7.10. The molecule has 0 aliphatic heterocycles. The van der Waals surface area contributed by atoms with Crippen molar-refractivity contribution in [1.82, 2.24) is 0 Å². The van der Waals surface area contributed by atoms with Gasteiger partial charge in [-0.3, -0.25) is 0 Å².